The van der Waals surface area contributed by atoms with Gasteiger partial charge < -0.3 is 5.11 Å². The fourth-order valence-corrected chi connectivity index (χ4v) is 1.02. The Morgan fingerprint density at radius 1 is 1.46 bits per heavy atom. The third-order valence-electron chi connectivity index (χ3n) is 1.11. The normalized spacial score (nSPS) is 10.3. The van der Waals surface area contributed by atoms with E-state index in [1.807, 2.05) is 0 Å². The van der Waals surface area contributed by atoms with Gasteiger partial charge in [0, 0.05) is 27.8 Å². The average molecular weight is 232 g/mol. The lowest BCUT2D eigenvalue weighted by atomic mass is 9.66. The summed E-state index contributed by atoms with van der Waals surface area (Å²) in [6, 6.07) is 1.74. The molecule has 0 amide bonds. The Bertz CT molecular complexity index is 364. The highest BCUT2D eigenvalue weighted by Gasteiger charge is 2.04. The Hall–Kier alpha value is -0.720. The summed E-state index contributed by atoms with van der Waals surface area (Å²) >= 11 is 3.23. The van der Waals surface area contributed by atoms with Crippen LogP contribution < -0.4 is 0 Å². The van der Waals surface area contributed by atoms with E-state index in [0.717, 1.165) is 4.47 Å². The van der Waals surface area contributed by atoms with Crippen molar-refractivity contribution in [2.24, 2.45) is 0 Å². The average Bonchev–Trinajstić information content (AvgIpc) is 2.00. The second-order valence-electron chi connectivity index (χ2n) is 2.47. The molecule has 1 aromatic heterocycles. The molecular formula is C8H4B2BrNO. The van der Waals surface area contributed by atoms with Crippen molar-refractivity contribution in [3.63, 3.8) is 0 Å². The maximum Gasteiger partial charge on any atom is 0.117 e. The first-order valence-electron chi connectivity index (χ1n) is 3.41. The Balaban J connectivity index is 2.90. The van der Waals surface area contributed by atoms with Crippen molar-refractivity contribution in [1.29, 1.82) is 0 Å². The van der Waals surface area contributed by atoms with Crippen LogP contribution in [0.5, 0.6) is 0 Å². The Morgan fingerprint density at radius 2 is 2.15 bits per heavy atom. The van der Waals surface area contributed by atoms with Gasteiger partial charge in [-0.05, 0) is 22.0 Å². The molecule has 1 N–H and O–H groups in total. The molecule has 0 aliphatic heterocycles. The quantitative estimate of drug-likeness (QED) is 0.511. The van der Waals surface area contributed by atoms with E-state index in [4.69, 9.17) is 20.8 Å². The molecule has 0 saturated carbocycles. The molecule has 1 aromatic rings. The van der Waals surface area contributed by atoms with Crippen molar-refractivity contribution < 1.29 is 5.11 Å². The van der Waals surface area contributed by atoms with Gasteiger partial charge in [0.15, 0.2) is 0 Å². The first kappa shape index (κ1) is 10.4. The third-order valence-corrected chi connectivity index (χ3v) is 1.55. The van der Waals surface area contributed by atoms with Gasteiger partial charge in [0.05, 0.1) is 0 Å². The lowest BCUT2D eigenvalue weighted by Crippen LogP contribution is -2.26. The molecule has 0 atom stereocenters. The molecule has 0 saturated heterocycles. The first-order valence-corrected chi connectivity index (χ1v) is 4.20. The zero-order chi connectivity index (χ0) is 9.90. The molecule has 2 nitrogen and oxygen atoms in total. The lowest BCUT2D eigenvalue weighted by Gasteiger charge is -2.06. The smallest absolute Gasteiger partial charge is 0.117 e. The maximum absolute atomic E-state index is 8.90. The standard InChI is InChI=1S/C8H4B2BrNO/c9-8(10,13)2-1-6-3-7(11)5-12-4-6/h3-5,13H. The first-order chi connectivity index (χ1) is 5.97. The monoisotopic (exact) mass is 231 g/mol. The summed E-state index contributed by atoms with van der Waals surface area (Å²) in [7, 11) is 10.1. The van der Waals surface area contributed by atoms with Crippen LogP contribution in [0.15, 0.2) is 22.9 Å². The number of hydrogen-bond acceptors (Lipinski definition) is 2. The van der Waals surface area contributed by atoms with Crippen molar-refractivity contribution in [3.8, 4) is 11.8 Å². The molecule has 60 valence electrons. The summed E-state index contributed by atoms with van der Waals surface area (Å²) in [5, 5.41) is 6.94. The summed E-state index contributed by atoms with van der Waals surface area (Å²) in [6.07, 6.45) is 3.17. The van der Waals surface area contributed by atoms with Crippen LogP contribution in [0.3, 0.4) is 0 Å². The topological polar surface area (TPSA) is 33.1 Å². The van der Waals surface area contributed by atoms with Crippen LogP contribution in [-0.4, -0.2) is 31.2 Å². The van der Waals surface area contributed by atoms with Crippen molar-refractivity contribution in [2.75, 3.05) is 0 Å². The lowest BCUT2D eigenvalue weighted by molar-refractivity contribution is 0.272. The van der Waals surface area contributed by atoms with E-state index in [2.05, 4.69) is 32.8 Å². The Morgan fingerprint density at radius 3 is 2.69 bits per heavy atom. The number of pyridine rings is 1. The van der Waals surface area contributed by atoms with Crippen LogP contribution in [0, 0.1) is 11.8 Å². The summed E-state index contributed by atoms with van der Waals surface area (Å²) in [5.41, 5.74) is 0.628. The number of aliphatic hydroxyl groups is 1. The fourth-order valence-electron chi connectivity index (χ4n) is 0.653. The van der Waals surface area contributed by atoms with Gasteiger partial charge >= 0.3 is 0 Å². The van der Waals surface area contributed by atoms with E-state index in [0.29, 0.717) is 5.56 Å². The van der Waals surface area contributed by atoms with Crippen LogP contribution >= 0.6 is 15.9 Å². The van der Waals surface area contributed by atoms with E-state index >= 15 is 0 Å². The molecule has 0 aliphatic carbocycles. The number of aromatic nitrogens is 1. The minimum absolute atomic E-state index is 0.628. The van der Waals surface area contributed by atoms with Gasteiger partial charge in [0.2, 0.25) is 0 Å². The molecule has 0 unspecified atom stereocenters. The molecular weight excluding hydrogens is 228 g/mol. The van der Waals surface area contributed by atoms with Crippen LogP contribution in [0.2, 0.25) is 0 Å². The van der Waals surface area contributed by atoms with E-state index in [1.54, 1.807) is 18.5 Å². The summed E-state index contributed by atoms with van der Waals surface area (Å²) < 4.78 is 0.803. The SMILES string of the molecule is [B]C([B])(O)C#Cc1cncc(Br)c1. The van der Waals surface area contributed by atoms with Crippen LogP contribution in [0.25, 0.3) is 0 Å². The number of halogens is 1. The highest BCUT2D eigenvalue weighted by molar-refractivity contribution is 9.10. The van der Waals surface area contributed by atoms with Crippen LogP contribution in [0.1, 0.15) is 5.56 Å². The minimum Gasteiger partial charge on any atom is -0.397 e. The molecule has 0 aliphatic rings. The van der Waals surface area contributed by atoms with Gasteiger partial charge in [0.25, 0.3) is 0 Å². The van der Waals surface area contributed by atoms with Crippen molar-refractivity contribution in [3.05, 3.63) is 28.5 Å². The summed E-state index contributed by atoms with van der Waals surface area (Å²) in [6.45, 7) is 0. The van der Waals surface area contributed by atoms with Gasteiger partial charge in [-0.2, -0.15) is 0 Å². The third kappa shape index (κ3) is 4.16. The van der Waals surface area contributed by atoms with E-state index < -0.39 is 5.40 Å². The fraction of sp³-hybridized carbons (Fsp3) is 0.125. The minimum atomic E-state index is -1.96. The van der Waals surface area contributed by atoms with Crippen LogP contribution in [0.4, 0.5) is 0 Å². The van der Waals surface area contributed by atoms with Crippen molar-refractivity contribution in [1.82, 2.24) is 4.98 Å². The Kier molecular flexibility index (Phi) is 3.18. The van der Waals surface area contributed by atoms with Gasteiger partial charge in [-0.1, -0.05) is 11.8 Å². The summed E-state index contributed by atoms with van der Waals surface area (Å²) in [5.74, 6) is 4.85. The number of hydrogen-bond donors (Lipinski definition) is 1. The van der Waals surface area contributed by atoms with Gasteiger partial charge in [-0.3, -0.25) is 4.98 Å². The predicted octanol–water partition coefficient (Wildman–Crippen LogP) is 0.179. The molecule has 5 heteroatoms. The zero-order valence-electron chi connectivity index (χ0n) is 6.66. The molecule has 0 fully saturated rings. The highest BCUT2D eigenvalue weighted by Crippen LogP contribution is 2.08. The second-order valence-corrected chi connectivity index (χ2v) is 3.38. The Labute approximate surface area is 87.7 Å². The van der Waals surface area contributed by atoms with Gasteiger partial charge in [0.1, 0.15) is 15.7 Å². The van der Waals surface area contributed by atoms with Crippen molar-refractivity contribution >= 4 is 31.6 Å². The van der Waals surface area contributed by atoms with Gasteiger partial charge in [-0.25, -0.2) is 0 Å². The molecule has 13 heavy (non-hydrogen) atoms. The van der Waals surface area contributed by atoms with Crippen LogP contribution in [-0.2, 0) is 0 Å². The molecule has 0 aromatic carbocycles. The molecule has 1 rings (SSSR count). The second kappa shape index (κ2) is 3.99. The molecule has 0 bridgehead atoms. The number of rotatable bonds is 0. The predicted molar refractivity (Wildman–Crippen MR) is 55.3 cm³/mol. The summed E-state index contributed by atoms with van der Waals surface area (Å²) in [4.78, 5) is 3.87. The van der Waals surface area contributed by atoms with Gasteiger partial charge in [-0.15, -0.1) is 0 Å². The molecule has 0 spiro atoms. The number of nitrogens with zero attached hydrogens (tertiary/aromatic N) is 1. The van der Waals surface area contributed by atoms with Crippen molar-refractivity contribution in [2.45, 2.75) is 5.40 Å². The van der Waals surface area contributed by atoms with E-state index in [9.17, 15) is 0 Å². The zero-order valence-corrected chi connectivity index (χ0v) is 8.25. The van der Waals surface area contributed by atoms with E-state index in [-0.39, 0.29) is 0 Å². The highest BCUT2D eigenvalue weighted by atomic mass is 79.9. The van der Waals surface area contributed by atoms with E-state index in [1.165, 1.54) is 0 Å². The maximum atomic E-state index is 8.90. The largest absolute Gasteiger partial charge is 0.397 e. The molecule has 4 radical (unpaired) electrons. The molecule has 1 heterocycles.